The number of halogens is 2. The molecule has 1 N–H and O–H groups in total. The van der Waals surface area contributed by atoms with Crippen LogP contribution in [0, 0.1) is 6.92 Å². The maximum absolute atomic E-state index is 12.4. The monoisotopic (exact) mass is 496 g/mol. The molecule has 0 bridgehead atoms. The lowest BCUT2D eigenvalue weighted by atomic mass is 10.2. The van der Waals surface area contributed by atoms with E-state index in [4.69, 9.17) is 27.9 Å². The number of hydrogen-bond donors (Lipinski definition) is 1. The van der Waals surface area contributed by atoms with Crippen LogP contribution in [-0.2, 0) is 17.1 Å². The first kappa shape index (κ1) is 24.0. The molecule has 2 aromatic heterocycles. The Morgan fingerprint density at radius 2 is 1.91 bits per heavy atom. The molecule has 2 heterocycles. The molecule has 0 aliphatic heterocycles. The smallest absolute Gasteiger partial charge is 0.324 e. The molecular formula is C21H22Cl2N4O4S. The van der Waals surface area contributed by atoms with Crippen LogP contribution in [0.25, 0.3) is 11.3 Å². The van der Waals surface area contributed by atoms with E-state index < -0.39 is 10.0 Å². The zero-order chi connectivity index (χ0) is 23.5. The largest absolute Gasteiger partial charge is 0.422 e. The average Bonchev–Trinajstić information content (AvgIpc) is 2.70. The number of rotatable bonds is 8. The first-order chi connectivity index (χ1) is 15.1. The Hall–Kier alpha value is -2.62. The van der Waals surface area contributed by atoms with Crippen LogP contribution in [-0.4, -0.2) is 28.7 Å². The van der Waals surface area contributed by atoms with Gasteiger partial charge in [0.2, 0.25) is 15.6 Å². The van der Waals surface area contributed by atoms with Crippen LogP contribution >= 0.6 is 23.2 Å². The molecule has 0 fully saturated rings. The predicted molar refractivity (Wildman–Crippen MR) is 126 cm³/mol. The van der Waals surface area contributed by atoms with Crippen molar-refractivity contribution in [2.75, 3.05) is 10.5 Å². The van der Waals surface area contributed by atoms with E-state index in [9.17, 15) is 13.2 Å². The summed E-state index contributed by atoms with van der Waals surface area (Å²) in [5, 5.41) is 0.709. The number of aromatic nitrogens is 3. The minimum Gasteiger partial charge on any atom is -0.422 e. The minimum atomic E-state index is -3.62. The first-order valence-corrected chi connectivity index (χ1v) is 12.2. The summed E-state index contributed by atoms with van der Waals surface area (Å²) in [7, 11) is -2.01. The van der Waals surface area contributed by atoms with E-state index in [0.717, 1.165) is 6.42 Å². The molecule has 11 heteroatoms. The number of pyridine rings is 1. The van der Waals surface area contributed by atoms with Crippen molar-refractivity contribution in [2.45, 2.75) is 26.7 Å². The van der Waals surface area contributed by atoms with Crippen LogP contribution in [0.5, 0.6) is 11.8 Å². The van der Waals surface area contributed by atoms with E-state index in [1.807, 2.05) is 6.92 Å². The van der Waals surface area contributed by atoms with Gasteiger partial charge in [0.25, 0.3) is 0 Å². The summed E-state index contributed by atoms with van der Waals surface area (Å²) in [6.07, 6.45) is 2.83. The highest BCUT2D eigenvalue weighted by Gasteiger charge is 2.17. The third-order valence-corrected chi connectivity index (χ3v) is 6.35. The number of benzene rings is 1. The van der Waals surface area contributed by atoms with Gasteiger partial charge in [-0.05, 0) is 37.1 Å². The predicted octanol–water partition coefficient (Wildman–Crippen LogP) is 4.79. The second-order valence-corrected chi connectivity index (χ2v) is 9.88. The van der Waals surface area contributed by atoms with Gasteiger partial charge in [-0.3, -0.25) is 9.52 Å². The topological polar surface area (TPSA) is 103 Å². The molecule has 0 amide bonds. The third kappa shape index (κ3) is 5.99. The molecule has 32 heavy (non-hydrogen) atoms. The maximum Gasteiger partial charge on any atom is 0.324 e. The number of anilines is 1. The lowest BCUT2D eigenvalue weighted by molar-refractivity contribution is 0.440. The molecule has 0 radical (unpaired) electrons. The summed E-state index contributed by atoms with van der Waals surface area (Å²) in [6, 6.07) is 7.54. The van der Waals surface area contributed by atoms with Gasteiger partial charge in [0.15, 0.2) is 5.75 Å². The van der Waals surface area contributed by atoms with Crippen molar-refractivity contribution in [1.29, 1.82) is 0 Å². The summed E-state index contributed by atoms with van der Waals surface area (Å²) in [5.41, 5.74) is 1.40. The SMILES string of the molecule is CCCCS(=O)(=O)Nc1cc(-c2ccc(=O)n(C)c2)nc(Oc2c(C)cc(Cl)cc2Cl)n1. The summed E-state index contributed by atoms with van der Waals surface area (Å²) in [6.45, 7) is 3.67. The van der Waals surface area contributed by atoms with Gasteiger partial charge in [-0.15, -0.1) is 0 Å². The van der Waals surface area contributed by atoms with E-state index in [2.05, 4.69) is 14.7 Å². The van der Waals surface area contributed by atoms with Gasteiger partial charge in [0.05, 0.1) is 16.5 Å². The average molecular weight is 497 g/mol. The standard InChI is InChI=1S/C21H22Cl2N4O4S/c1-4-5-8-32(29,30)26-18-11-17(14-6-7-19(28)27(3)12-14)24-21(25-18)31-20-13(2)9-15(22)10-16(20)23/h6-7,9-12H,4-5,8H2,1-3H3,(H,24,25,26). The van der Waals surface area contributed by atoms with Gasteiger partial charge < -0.3 is 9.30 Å². The fraction of sp³-hybridized carbons (Fsp3) is 0.286. The van der Waals surface area contributed by atoms with Crippen LogP contribution < -0.4 is 15.0 Å². The molecule has 0 saturated heterocycles. The highest BCUT2D eigenvalue weighted by Crippen LogP contribution is 2.35. The summed E-state index contributed by atoms with van der Waals surface area (Å²) in [4.78, 5) is 20.4. The van der Waals surface area contributed by atoms with Gasteiger partial charge in [-0.2, -0.15) is 9.97 Å². The second kappa shape index (κ2) is 9.89. The number of hydrogen-bond acceptors (Lipinski definition) is 6. The van der Waals surface area contributed by atoms with Crippen LogP contribution in [0.2, 0.25) is 10.0 Å². The minimum absolute atomic E-state index is 0.0395. The van der Waals surface area contributed by atoms with Crippen molar-refractivity contribution in [2.24, 2.45) is 7.05 Å². The van der Waals surface area contributed by atoms with Gasteiger partial charge in [0, 0.05) is 36.0 Å². The normalized spacial score (nSPS) is 11.4. The van der Waals surface area contributed by atoms with Gasteiger partial charge in [-0.25, -0.2) is 8.42 Å². The Bertz CT molecular complexity index is 1290. The van der Waals surface area contributed by atoms with E-state index in [1.54, 1.807) is 32.3 Å². The van der Waals surface area contributed by atoms with Crippen LogP contribution in [0.4, 0.5) is 5.82 Å². The van der Waals surface area contributed by atoms with Crippen LogP contribution in [0.3, 0.4) is 0 Å². The number of ether oxygens (including phenoxy) is 1. The summed E-state index contributed by atoms with van der Waals surface area (Å²) >= 11 is 12.3. The Labute approximate surface area is 196 Å². The van der Waals surface area contributed by atoms with Crippen molar-refractivity contribution >= 4 is 39.0 Å². The maximum atomic E-state index is 12.4. The lowest BCUT2D eigenvalue weighted by Crippen LogP contribution is -2.18. The fourth-order valence-electron chi connectivity index (χ4n) is 2.87. The lowest BCUT2D eigenvalue weighted by Gasteiger charge is -2.13. The Morgan fingerprint density at radius 1 is 1.16 bits per heavy atom. The molecule has 3 aromatic rings. The van der Waals surface area contributed by atoms with Crippen molar-refractivity contribution in [3.8, 4) is 23.0 Å². The van der Waals surface area contributed by atoms with Gasteiger partial charge in [-0.1, -0.05) is 36.5 Å². The highest BCUT2D eigenvalue weighted by molar-refractivity contribution is 7.92. The summed E-state index contributed by atoms with van der Waals surface area (Å²) < 4.78 is 34.5. The highest BCUT2D eigenvalue weighted by atomic mass is 35.5. The fourth-order valence-corrected chi connectivity index (χ4v) is 4.70. The van der Waals surface area contributed by atoms with E-state index >= 15 is 0 Å². The van der Waals surface area contributed by atoms with E-state index in [0.29, 0.717) is 34.0 Å². The number of sulfonamides is 1. The molecule has 170 valence electrons. The zero-order valence-electron chi connectivity index (χ0n) is 17.7. The Kier molecular flexibility index (Phi) is 7.43. The van der Waals surface area contributed by atoms with Gasteiger partial charge in [0.1, 0.15) is 5.82 Å². The Balaban J connectivity index is 2.08. The molecular weight excluding hydrogens is 475 g/mol. The van der Waals surface area contributed by atoms with Crippen molar-refractivity contribution < 1.29 is 13.2 Å². The molecule has 0 unspecified atom stereocenters. The molecule has 3 rings (SSSR count). The number of unbranched alkanes of at least 4 members (excludes halogenated alkanes) is 1. The molecule has 0 atom stereocenters. The number of aryl methyl sites for hydroxylation is 2. The zero-order valence-corrected chi connectivity index (χ0v) is 20.1. The molecule has 8 nitrogen and oxygen atoms in total. The van der Waals surface area contributed by atoms with Crippen molar-refractivity contribution in [1.82, 2.24) is 14.5 Å². The van der Waals surface area contributed by atoms with E-state index in [1.165, 1.54) is 22.8 Å². The molecule has 0 saturated carbocycles. The first-order valence-electron chi connectivity index (χ1n) is 9.78. The Morgan fingerprint density at radius 3 is 2.56 bits per heavy atom. The van der Waals surface area contributed by atoms with Crippen molar-refractivity contribution in [3.05, 3.63) is 62.5 Å². The molecule has 0 aliphatic carbocycles. The number of nitrogens with zero attached hydrogens (tertiary/aromatic N) is 3. The van der Waals surface area contributed by atoms with E-state index in [-0.39, 0.29) is 28.2 Å². The van der Waals surface area contributed by atoms with Crippen LogP contribution in [0.1, 0.15) is 25.3 Å². The third-order valence-electron chi connectivity index (χ3n) is 4.50. The quantitative estimate of drug-likeness (QED) is 0.480. The van der Waals surface area contributed by atoms with Gasteiger partial charge >= 0.3 is 6.01 Å². The number of nitrogens with one attached hydrogen (secondary N) is 1. The molecule has 0 aliphatic rings. The van der Waals surface area contributed by atoms with Crippen molar-refractivity contribution in [3.63, 3.8) is 0 Å². The van der Waals surface area contributed by atoms with Crippen LogP contribution in [0.15, 0.2) is 41.3 Å². The molecule has 0 spiro atoms. The molecule has 1 aromatic carbocycles. The summed E-state index contributed by atoms with van der Waals surface area (Å²) in [5.74, 6) is 0.298. The second-order valence-electron chi connectivity index (χ2n) is 7.20.